The predicted octanol–water partition coefficient (Wildman–Crippen LogP) is 1.25. The van der Waals surface area contributed by atoms with E-state index in [0.29, 0.717) is 13.2 Å². The zero-order valence-corrected chi connectivity index (χ0v) is 8.32. The second-order valence-corrected chi connectivity index (χ2v) is 3.14. The van der Waals surface area contributed by atoms with Crippen LogP contribution < -0.4 is 5.73 Å². The van der Waals surface area contributed by atoms with E-state index < -0.39 is 0 Å². The molecule has 0 saturated heterocycles. The SMILES string of the molecule is CC(=O)OCc1ccc(CCN)cc1. The fourth-order valence-electron chi connectivity index (χ4n) is 1.15. The lowest BCUT2D eigenvalue weighted by molar-refractivity contribution is -0.142. The van der Waals surface area contributed by atoms with Crippen LogP contribution in [0.5, 0.6) is 0 Å². The minimum absolute atomic E-state index is 0.254. The third kappa shape index (κ3) is 3.58. The number of ether oxygens (including phenoxy) is 1. The van der Waals surface area contributed by atoms with E-state index in [1.54, 1.807) is 0 Å². The maximum Gasteiger partial charge on any atom is 0.302 e. The Hall–Kier alpha value is -1.35. The van der Waals surface area contributed by atoms with Gasteiger partial charge in [-0.25, -0.2) is 0 Å². The van der Waals surface area contributed by atoms with Crippen LogP contribution in [0.4, 0.5) is 0 Å². The molecule has 0 aliphatic carbocycles. The highest BCUT2D eigenvalue weighted by Gasteiger charge is 1.96. The zero-order valence-electron chi connectivity index (χ0n) is 8.32. The summed E-state index contributed by atoms with van der Waals surface area (Å²) in [5.74, 6) is -0.254. The molecule has 14 heavy (non-hydrogen) atoms. The Kier molecular flexibility index (Phi) is 4.13. The number of nitrogens with two attached hydrogens (primary N) is 1. The highest BCUT2D eigenvalue weighted by molar-refractivity contribution is 5.65. The van der Waals surface area contributed by atoms with Crippen LogP contribution in [0.1, 0.15) is 18.1 Å². The molecule has 1 rings (SSSR count). The third-order valence-corrected chi connectivity index (χ3v) is 1.90. The summed E-state index contributed by atoms with van der Waals surface area (Å²) < 4.78 is 4.86. The number of esters is 1. The summed E-state index contributed by atoms with van der Waals surface area (Å²) in [5, 5.41) is 0. The molecule has 0 heterocycles. The number of hydrogen-bond acceptors (Lipinski definition) is 3. The summed E-state index contributed by atoms with van der Waals surface area (Å²) in [5.41, 5.74) is 7.64. The molecule has 0 amide bonds. The number of rotatable bonds is 4. The molecular formula is C11H15NO2. The van der Waals surface area contributed by atoms with Crippen molar-refractivity contribution in [1.29, 1.82) is 0 Å². The molecule has 0 unspecified atom stereocenters. The van der Waals surface area contributed by atoms with Gasteiger partial charge in [0.15, 0.2) is 0 Å². The Bertz CT molecular complexity index is 293. The molecule has 3 nitrogen and oxygen atoms in total. The number of hydrogen-bond donors (Lipinski definition) is 1. The molecule has 76 valence electrons. The molecule has 3 heteroatoms. The molecule has 2 N–H and O–H groups in total. The van der Waals surface area contributed by atoms with Crippen molar-refractivity contribution in [2.24, 2.45) is 5.73 Å². The predicted molar refractivity (Wildman–Crippen MR) is 54.7 cm³/mol. The molecule has 1 aromatic carbocycles. The summed E-state index contributed by atoms with van der Waals surface area (Å²) in [6.45, 7) is 2.41. The van der Waals surface area contributed by atoms with Crippen molar-refractivity contribution in [2.75, 3.05) is 6.54 Å². The minimum Gasteiger partial charge on any atom is -0.461 e. The van der Waals surface area contributed by atoms with Crippen molar-refractivity contribution >= 4 is 5.97 Å². The first-order chi connectivity index (χ1) is 6.72. The zero-order chi connectivity index (χ0) is 10.4. The second-order valence-electron chi connectivity index (χ2n) is 3.14. The highest BCUT2D eigenvalue weighted by Crippen LogP contribution is 2.06. The average molecular weight is 193 g/mol. The van der Waals surface area contributed by atoms with E-state index in [0.717, 1.165) is 12.0 Å². The fraction of sp³-hybridized carbons (Fsp3) is 0.364. The monoisotopic (exact) mass is 193 g/mol. The van der Waals surface area contributed by atoms with Gasteiger partial charge in [-0.05, 0) is 24.1 Å². The first-order valence-corrected chi connectivity index (χ1v) is 4.63. The lowest BCUT2D eigenvalue weighted by Crippen LogP contribution is -2.03. The molecular weight excluding hydrogens is 178 g/mol. The molecule has 0 aromatic heterocycles. The van der Waals surface area contributed by atoms with Gasteiger partial charge in [0.25, 0.3) is 0 Å². The van der Waals surface area contributed by atoms with Gasteiger partial charge in [0.1, 0.15) is 6.61 Å². The summed E-state index contributed by atoms with van der Waals surface area (Å²) in [4.78, 5) is 10.5. The molecule has 0 bridgehead atoms. The molecule has 0 saturated carbocycles. The molecule has 0 aliphatic rings. The normalized spacial score (nSPS) is 9.86. The van der Waals surface area contributed by atoms with E-state index in [2.05, 4.69) is 0 Å². The minimum atomic E-state index is -0.254. The van der Waals surface area contributed by atoms with Crippen molar-refractivity contribution < 1.29 is 9.53 Å². The summed E-state index contributed by atoms with van der Waals surface area (Å²) >= 11 is 0. The molecule has 1 aromatic rings. The van der Waals surface area contributed by atoms with E-state index in [1.807, 2.05) is 24.3 Å². The number of carbonyl (C=O) groups excluding carboxylic acids is 1. The van der Waals surface area contributed by atoms with Crippen molar-refractivity contribution in [3.05, 3.63) is 35.4 Å². The van der Waals surface area contributed by atoms with Crippen LogP contribution >= 0.6 is 0 Å². The van der Waals surface area contributed by atoms with E-state index >= 15 is 0 Å². The van der Waals surface area contributed by atoms with Crippen LogP contribution in [0.25, 0.3) is 0 Å². The first-order valence-electron chi connectivity index (χ1n) is 4.63. The summed E-state index contributed by atoms with van der Waals surface area (Å²) in [6, 6.07) is 7.92. The smallest absolute Gasteiger partial charge is 0.302 e. The van der Waals surface area contributed by atoms with Gasteiger partial charge < -0.3 is 10.5 Å². The maximum atomic E-state index is 10.5. The van der Waals surface area contributed by atoms with Gasteiger partial charge in [0.05, 0.1) is 0 Å². The summed E-state index contributed by atoms with van der Waals surface area (Å²) in [7, 11) is 0. The quantitative estimate of drug-likeness (QED) is 0.732. The van der Waals surface area contributed by atoms with Crippen molar-refractivity contribution in [2.45, 2.75) is 20.0 Å². The van der Waals surface area contributed by atoms with Gasteiger partial charge in [-0.1, -0.05) is 24.3 Å². The van der Waals surface area contributed by atoms with Crippen LogP contribution in [0.2, 0.25) is 0 Å². The van der Waals surface area contributed by atoms with Crippen LogP contribution in [0.3, 0.4) is 0 Å². The Morgan fingerprint density at radius 1 is 1.29 bits per heavy atom. The van der Waals surface area contributed by atoms with E-state index in [9.17, 15) is 4.79 Å². The van der Waals surface area contributed by atoms with Crippen LogP contribution in [0.15, 0.2) is 24.3 Å². The summed E-state index contributed by atoms with van der Waals surface area (Å²) in [6.07, 6.45) is 0.883. The Labute approximate surface area is 83.9 Å². The van der Waals surface area contributed by atoms with Crippen LogP contribution in [-0.4, -0.2) is 12.5 Å². The van der Waals surface area contributed by atoms with Gasteiger partial charge >= 0.3 is 5.97 Å². The second kappa shape index (κ2) is 5.40. The van der Waals surface area contributed by atoms with Crippen molar-refractivity contribution in [3.8, 4) is 0 Å². The van der Waals surface area contributed by atoms with Gasteiger partial charge in [0.2, 0.25) is 0 Å². The van der Waals surface area contributed by atoms with Crippen molar-refractivity contribution in [3.63, 3.8) is 0 Å². The van der Waals surface area contributed by atoms with Gasteiger partial charge in [-0.3, -0.25) is 4.79 Å². The Morgan fingerprint density at radius 3 is 2.36 bits per heavy atom. The molecule has 0 fully saturated rings. The largest absolute Gasteiger partial charge is 0.461 e. The average Bonchev–Trinajstić information content (AvgIpc) is 2.17. The van der Waals surface area contributed by atoms with Crippen molar-refractivity contribution in [1.82, 2.24) is 0 Å². The molecule has 0 atom stereocenters. The topological polar surface area (TPSA) is 52.3 Å². The number of carbonyl (C=O) groups is 1. The lowest BCUT2D eigenvalue weighted by atomic mass is 10.1. The maximum absolute atomic E-state index is 10.5. The van der Waals surface area contributed by atoms with Gasteiger partial charge in [-0.15, -0.1) is 0 Å². The van der Waals surface area contributed by atoms with Gasteiger partial charge in [0, 0.05) is 6.92 Å². The Balaban J connectivity index is 2.50. The molecule has 0 aliphatic heterocycles. The van der Waals surface area contributed by atoms with Crippen LogP contribution in [0, 0.1) is 0 Å². The lowest BCUT2D eigenvalue weighted by Gasteiger charge is -2.03. The van der Waals surface area contributed by atoms with E-state index in [1.165, 1.54) is 12.5 Å². The third-order valence-electron chi connectivity index (χ3n) is 1.90. The van der Waals surface area contributed by atoms with E-state index in [4.69, 9.17) is 10.5 Å². The molecule has 0 spiro atoms. The molecule has 0 radical (unpaired) electrons. The standard InChI is InChI=1S/C11H15NO2/c1-9(13)14-8-11-4-2-10(3-5-11)6-7-12/h2-5H,6-8,12H2,1H3. The number of benzene rings is 1. The van der Waals surface area contributed by atoms with Gasteiger partial charge in [-0.2, -0.15) is 0 Å². The highest BCUT2D eigenvalue weighted by atomic mass is 16.5. The Morgan fingerprint density at radius 2 is 1.86 bits per heavy atom. The van der Waals surface area contributed by atoms with E-state index in [-0.39, 0.29) is 5.97 Å². The fourth-order valence-corrected chi connectivity index (χ4v) is 1.15. The van der Waals surface area contributed by atoms with Crippen LogP contribution in [-0.2, 0) is 22.6 Å². The first kappa shape index (κ1) is 10.7.